The van der Waals surface area contributed by atoms with Crippen LogP contribution in [0.5, 0.6) is 0 Å². The first-order chi connectivity index (χ1) is 30.1. The van der Waals surface area contributed by atoms with Crippen LogP contribution in [-0.4, -0.2) is 6.61 Å². The van der Waals surface area contributed by atoms with Crippen LogP contribution < -0.4 is 14.7 Å². The average molecular weight is 924 g/mol. The van der Waals surface area contributed by atoms with Crippen molar-refractivity contribution in [3.05, 3.63) is 128 Å². The van der Waals surface area contributed by atoms with Crippen LogP contribution in [0.4, 0.5) is 0 Å². The monoisotopic (exact) mass is 924 g/mol. The summed E-state index contributed by atoms with van der Waals surface area (Å²) in [7, 11) is -10.9. The van der Waals surface area contributed by atoms with Gasteiger partial charge in [-0.05, 0) is 212 Å². The van der Waals surface area contributed by atoms with E-state index < -0.39 is 22.3 Å². The quantitative estimate of drug-likeness (QED) is 0.0458. The summed E-state index contributed by atoms with van der Waals surface area (Å²) in [4.78, 5) is 32.3. The van der Waals surface area contributed by atoms with E-state index in [1.54, 1.807) is 0 Å². The summed E-state index contributed by atoms with van der Waals surface area (Å²) in [5.74, 6) is 0. The molecule has 0 saturated carbocycles. The topological polar surface area (TPSA) is 122 Å². The molecule has 0 aliphatic rings. The maximum Gasteiger partial charge on any atom is 0.272 e. The highest BCUT2D eigenvalue weighted by Gasteiger charge is 2.10. The molecule has 1 unspecified atom stereocenters. The van der Waals surface area contributed by atoms with E-state index in [9.17, 15) is 23.8 Å². The van der Waals surface area contributed by atoms with Gasteiger partial charge in [-0.15, -0.1) is 0 Å². The normalized spacial score (nSPS) is 15.9. The molecule has 64 heavy (non-hydrogen) atoms. The molecule has 0 fully saturated rings. The van der Waals surface area contributed by atoms with E-state index in [1.807, 2.05) is 6.92 Å². The minimum Gasteiger partial charge on any atom is -0.790 e. The second-order valence-electron chi connectivity index (χ2n) is 18.4. The Morgan fingerprint density at radius 2 is 0.516 bits per heavy atom. The molecule has 0 heterocycles. The summed E-state index contributed by atoms with van der Waals surface area (Å²) >= 11 is 0. The largest absolute Gasteiger partial charge is 0.790 e. The summed E-state index contributed by atoms with van der Waals surface area (Å²) in [6, 6.07) is 0. The molecular formula is C55H89O7P2-3. The second kappa shape index (κ2) is 36.5. The fourth-order valence-corrected chi connectivity index (χ4v) is 8.37. The molecule has 0 spiro atoms. The third kappa shape index (κ3) is 40.9. The Morgan fingerprint density at radius 3 is 0.703 bits per heavy atom. The highest BCUT2D eigenvalue weighted by atomic mass is 31.3. The van der Waals surface area contributed by atoms with Crippen LogP contribution in [0, 0.1) is 0 Å². The molecule has 0 aromatic carbocycles. The van der Waals surface area contributed by atoms with Crippen LogP contribution in [0.15, 0.2) is 128 Å². The molecule has 1 atom stereocenters. The van der Waals surface area contributed by atoms with Crippen LogP contribution >= 0.6 is 15.6 Å². The zero-order valence-corrected chi connectivity index (χ0v) is 44.2. The van der Waals surface area contributed by atoms with Crippen LogP contribution in [0.1, 0.15) is 212 Å². The predicted molar refractivity (Wildman–Crippen MR) is 272 cm³/mol. The zero-order chi connectivity index (χ0) is 48.4. The summed E-state index contributed by atoms with van der Waals surface area (Å²) in [5, 5.41) is 0. The lowest BCUT2D eigenvalue weighted by molar-refractivity contribution is -0.339. The second-order valence-corrected chi connectivity index (χ2v) is 21.1. The number of hydrogen-bond acceptors (Lipinski definition) is 7. The Balaban J connectivity index is 4.31. The Bertz CT molecular complexity index is 1800. The molecule has 0 N–H and O–H groups in total. The van der Waals surface area contributed by atoms with Gasteiger partial charge in [0.1, 0.15) is 0 Å². The van der Waals surface area contributed by atoms with Crippen LogP contribution in [-0.2, 0) is 18.0 Å². The van der Waals surface area contributed by atoms with E-state index in [2.05, 4.69) is 146 Å². The van der Waals surface area contributed by atoms with Crippen molar-refractivity contribution in [2.75, 3.05) is 6.61 Å². The minimum atomic E-state index is -5.67. The van der Waals surface area contributed by atoms with Crippen molar-refractivity contribution in [3.63, 3.8) is 0 Å². The Hall–Kier alpha value is -2.60. The fourth-order valence-electron chi connectivity index (χ4n) is 6.94. The van der Waals surface area contributed by atoms with E-state index in [0.717, 1.165) is 115 Å². The summed E-state index contributed by atoms with van der Waals surface area (Å²) < 4.78 is 29.7. The first-order valence-corrected chi connectivity index (χ1v) is 26.9. The van der Waals surface area contributed by atoms with Gasteiger partial charge in [-0.2, -0.15) is 0 Å². The number of phosphoric ester groups is 1. The molecule has 0 bridgehead atoms. The van der Waals surface area contributed by atoms with E-state index >= 15 is 0 Å². The predicted octanol–water partition coefficient (Wildman–Crippen LogP) is 16.5. The minimum absolute atomic E-state index is 0.392. The maximum absolute atomic E-state index is 11.3. The number of rotatable bonds is 35. The van der Waals surface area contributed by atoms with Crippen LogP contribution in [0.25, 0.3) is 0 Å². The van der Waals surface area contributed by atoms with Crippen LogP contribution in [0.2, 0.25) is 0 Å². The Labute approximate surface area is 393 Å². The van der Waals surface area contributed by atoms with Gasteiger partial charge in [-0.1, -0.05) is 128 Å². The summed E-state index contributed by atoms with van der Waals surface area (Å²) in [5.41, 5.74) is 15.5. The molecule has 0 aliphatic heterocycles. The van der Waals surface area contributed by atoms with Crippen molar-refractivity contribution in [1.29, 1.82) is 0 Å². The number of phosphoric acid groups is 2. The molecular weight excluding hydrogens is 835 g/mol. The van der Waals surface area contributed by atoms with Gasteiger partial charge in [0.2, 0.25) is 0 Å². The maximum atomic E-state index is 11.3. The van der Waals surface area contributed by atoms with Gasteiger partial charge in [-0.25, -0.2) is 0 Å². The van der Waals surface area contributed by atoms with Crippen molar-refractivity contribution in [1.82, 2.24) is 0 Å². The molecule has 0 amide bonds. The SMILES string of the molecule is CC(C)=CCC/C(C)=C/CC/C(C)=C/CC/C(C)=C/CC/C(C)=C/CC/C(C)=C/CC/C(C)=C/CC/C(C)=C/CC/C(C)=C/CC/C(C)=C/CC/C(C)=C/COP(=O)([O-])OP(=O)([O-])[O-]. The highest BCUT2D eigenvalue weighted by Crippen LogP contribution is 2.50. The fraction of sp³-hybridized carbons (Fsp3) is 0.600. The lowest BCUT2D eigenvalue weighted by atomic mass is 10.0. The van der Waals surface area contributed by atoms with Gasteiger partial charge < -0.3 is 23.8 Å². The summed E-state index contributed by atoms with van der Waals surface area (Å²) in [6.45, 7) is 26.0. The Morgan fingerprint density at radius 1 is 0.328 bits per heavy atom. The van der Waals surface area contributed by atoms with Crippen molar-refractivity contribution < 1.29 is 32.6 Å². The Kier molecular flexibility index (Phi) is 35.0. The van der Waals surface area contributed by atoms with Gasteiger partial charge in [0.25, 0.3) is 7.82 Å². The number of allylic oxidation sites excluding steroid dienone is 21. The van der Waals surface area contributed by atoms with E-state index in [4.69, 9.17) is 0 Å². The van der Waals surface area contributed by atoms with Crippen LogP contribution in [0.3, 0.4) is 0 Å². The highest BCUT2D eigenvalue weighted by molar-refractivity contribution is 7.58. The average Bonchev–Trinajstić information content (AvgIpc) is 3.16. The van der Waals surface area contributed by atoms with Crippen molar-refractivity contribution in [2.24, 2.45) is 0 Å². The third-order valence-electron chi connectivity index (χ3n) is 11.2. The molecule has 0 aromatic rings. The van der Waals surface area contributed by atoms with Gasteiger partial charge >= 0.3 is 0 Å². The van der Waals surface area contributed by atoms with E-state index in [1.165, 1.54) is 74.6 Å². The molecule has 0 saturated heterocycles. The van der Waals surface area contributed by atoms with Crippen molar-refractivity contribution >= 4 is 15.6 Å². The lowest BCUT2D eigenvalue weighted by Gasteiger charge is -2.34. The van der Waals surface area contributed by atoms with Gasteiger partial charge in [0.15, 0.2) is 0 Å². The van der Waals surface area contributed by atoms with E-state index in [0.29, 0.717) is 6.42 Å². The molecule has 7 nitrogen and oxygen atoms in total. The zero-order valence-electron chi connectivity index (χ0n) is 42.5. The smallest absolute Gasteiger partial charge is 0.272 e. The molecule has 0 radical (unpaired) electrons. The van der Waals surface area contributed by atoms with Crippen molar-refractivity contribution in [2.45, 2.75) is 212 Å². The standard InChI is InChI=1S/C55H92O7P2/c1-45(2)23-13-24-46(3)25-14-26-47(4)27-15-28-48(5)29-16-30-49(6)31-17-32-50(7)33-18-34-51(8)35-19-36-52(9)37-20-38-53(10)39-21-40-54(11)41-22-42-55(12)43-44-61-64(59,60)62-63(56,57)58/h23,25,27,29,31,33,35,37,39,41,43H,13-22,24,26,28,30,32,34,36,38,40,42,44H2,1-12H3,(H,59,60)(H2,56,57,58)/p-3/b46-25+,47-27+,48-29+,49-31+,50-33+,51-35+,52-37+,53-39+,54-41+,55-43+. The first-order valence-electron chi connectivity index (χ1n) is 24.0. The summed E-state index contributed by atoms with van der Waals surface area (Å²) in [6.07, 6.45) is 46.9. The molecule has 364 valence electrons. The first kappa shape index (κ1) is 61.4. The van der Waals surface area contributed by atoms with Gasteiger partial charge in [0.05, 0.1) is 14.4 Å². The lowest BCUT2D eigenvalue weighted by Crippen LogP contribution is -2.19. The molecule has 0 aliphatic carbocycles. The molecule has 9 heteroatoms. The molecule has 0 aromatic heterocycles. The third-order valence-corrected chi connectivity index (χ3v) is 13.3. The number of hydrogen-bond donors (Lipinski definition) is 0. The molecule has 0 rings (SSSR count). The van der Waals surface area contributed by atoms with Gasteiger partial charge in [0, 0.05) is 0 Å². The van der Waals surface area contributed by atoms with Gasteiger partial charge in [-0.3, -0.25) is 8.88 Å². The van der Waals surface area contributed by atoms with E-state index in [-0.39, 0.29) is 0 Å². The van der Waals surface area contributed by atoms with Crippen molar-refractivity contribution in [3.8, 4) is 0 Å².